The second-order valence-electron chi connectivity index (χ2n) is 20.9. The molecule has 426 valence electrons. The highest BCUT2D eigenvalue weighted by atomic mass is 16.6. The number of hydrogen-bond acceptors (Lipinski definition) is 6. The van der Waals surface area contributed by atoms with Crippen LogP contribution in [0, 0.1) is 0 Å². The first-order valence-electron chi connectivity index (χ1n) is 31.6. The van der Waals surface area contributed by atoms with Crippen LogP contribution in [0.3, 0.4) is 0 Å². The fourth-order valence-electron chi connectivity index (χ4n) is 8.91. The summed E-state index contributed by atoms with van der Waals surface area (Å²) in [5.74, 6) is -0.927. The second-order valence-corrected chi connectivity index (χ2v) is 20.9. The molecule has 6 heteroatoms. The first-order valence-corrected chi connectivity index (χ1v) is 31.6. The molecule has 0 rings (SSSR count). The Morgan fingerprint density at radius 3 is 0.865 bits per heavy atom. The number of carbonyl (C=O) groups is 3. The summed E-state index contributed by atoms with van der Waals surface area (Å²) in [4.78, 5) is 38.3. The standard InChI is InChI=1S/C68H118O6/c1-4-7-10-13-16-19-22-25-28-30-32-33-34-36-37-40-43-46-49-52-55-58-61-67(70)73-64-65(63-72-66(69)60-57-54-51-48-45-42-39-27-24-21-18-15-12-9-6-3)74-68(71)62-59-56-53-50-47-44-41-38-35-31-29-26-23-20-17-14-11-8-5-2/h8,11,17-18,20-21,26-27,29,35,38-39,44,47,65H,4-7,9-10,12-16,19,22-25,28,30-34,36-37,40-43,45-46,48-64H2,1-3H3/b11-8-,20-17-,21-18-,29-26-,38-35-,39-27-,47-44-. The molecule has 0 aliphatic heterocycles. The van der Waals surface area contributed by atoms with Crippen LogP contribution in [0.2, 0.25) is 0 Å². The van der Waals surface area contributed by atoms with Crippen molar-refractivity contribution in [1.82, 2.24) is 0 Å². The van der Waals surface area contributed by atoms with E-state index < -0.39 is 6.10 Å². The van der Waals surface area contributed by atoms with E-state index in [0.29, 0.717) is 12.8 Å². The van der Waals surface area contributed by atoms with Gasteiger partial charge in [0.15, 0.2) is 6.10 Å². The Bertz CT molecular complexity index is 1420. The highest BCUT2D eigenvalue weighted by Gasteiger charge is 2.19. The summed E-state index contributed by atoms with van der Waals surface area (Å²) in [6.45, 7) is 6.50. The van der Waals surface area contributed by atoms with Crippen molar-refractivity contribution in [1.29, 1.82) is 0 Å². The van der Waals surface area contributed by atoms with Crippen molar-refractivity contribution in [3.05, 3.63) is 85.1 Å². The summed E-state index contributed by atoms with van der Waals surface area (Å²) in [7, 11) is 0. The molecule has 0 bridgehead atoms. The molecular formula is C68H118O6. The molecule has 0 aromatic carbocycles. The van der Waals surface area contributed by atoms with Crippen LogP contribution in [-0.4, -0.2) is 37.2 Å². The second kappa shape index (κ2) is 62.1. The maximum Gasteiger partial charge on any atom is 0.306 e. The normalized spacial score (nSPS) is 12.6. The van der Waals surface area contributed by atoms with Gasteiger partial charge in [-0.05, 0) is 96.3 Å². The van der Waals surface area contributed by atoms with Crippen LogP contribution in [0.1, 0.15) is 310 Å². The molecular weight excluding hydrogens is 913 g/mol. The lowest BCUT2D eigenvalue weighted by atomic mass is 10.0. The molecule has 0 amide bonds. The van der Waals surface area contributed by atoms with Gasteiger partial charge in [0.1, 0.15) is 13.2 Å². The molecule has 1 atom stereocenters. The van der Waals surface area contributed by atoms with Crippen molar-refractivity contribution in [3.8, 4) is 0 Å². The van der Waals surface area contributed by atoms with Crippen LogP contribution in [-0.2, 0) is 28.6 Å². The van der Waals surface area contributed by atoms with E-state index in [1.807, 2.05) is 0 Å². The average molecular weight is 1030 g/mol. The third kappa shape index (κ3) is 59.5. The van der Waals surface area contributed by atoms with Gasteiger partial charge in [-0.15, -0.1) is 0 Å². The van der Waals surface area contributed by atoms with E-state index in [0.717, 1.165) is 122 Å². The van der Waals surface area contributed by atoms with Crippen LogP contribution in [0.4, 0.5) is 0 Å². The first-order chi connectivity index (χ1) is 36.5. The van der Waals surface area contributed by atoms with Crippen LogP contribution in [0.5, 0.6) is 0 Å². The largest absolute Gasteiger partial charge is 0.462 e. The number of rotatable bonds is 57. The minimum atomic E-state index is -0.800. The van der Waals surface area contributed by atoms with Gasteiger partial charge < -0.3 is 14.2 Å². The van der Waals surface area contributed by atoms with Gasteiger partial charge in [0.05, 0.1) is 0 Å². The number of hydrogen-bond donors (Lipinski definition) is 0. The Labute approximate surface area is 458 Å². The molecule has 0 N–H and O–H groups in total. The van der Waals surface area contributed by atoms with Crippen LogP contribution < -0.4 is 0 Å². The minimum Gasteiger partial charge on any atom is -0.462 e. The summed E-state index contributed by atoms with van der Waals surface area (Å²) >= 11 is 0. The van der Waals surface area contributed by atoms with Crippen LogP contribution >= 0.6 is 0 Å². The summed E-state index contributed by atoms with van der Waals surface area (Å²) in [6, 6.07) is 0. The predicted octanol–water partition coefficient (Wildman–Crippen LogP) is 21.5. The fraction of sp³-hybridized carbons (Fsp3) is 0.750. The van der Waals surface area contributed by atoms with Gasteiger partial charge in [0.25, 0.3) is 0 Å². The van der Waals surface area contributed by atoms with Gasteiger partial charge in [-0.25, -0.2) is 0 Å². The van der Waals surface area contributed by atoms with Gasteiger partial charge in [-0.3, -0.25) is 14.4 Å². The lowest BCUT2D eigenvalue weighted by Crippen LogP contribution is -2.30. The molecule has 0 heterocycles. The van der Waals surface area contributed by atoms with Crippen molar-refractivity contribution in [2.75, 3.05) is 13.2 Å². The highest BCUT2D eigenvalue weighted by molar-refractivity contribution is 5.71. The summed E-state index contributed by atoms with van der Waals surface area (Å²) in [5, 5.41) is 0. The number of ether oxygens (including phenoxy) is 3. The fourth-order valence-corrected chi connectivity index (χ4v) is 8.91. The molecule has 0 spiro atoms. The Kier molecular flexibility index (Phi) is 59.3. The maximum absolute atomic E-state index is 12.9. The Morgan fingerprint density at radius 1 is 0.284 bits per heavy atom. The lowest BCUT2D eigenvalue weighted by Gasteiger charge is -2.18. The van der Waals surface area contributed by atoms with E-state index in [-0.39, 0.29) is 37.5 Å². The third-order valence-corrected chi connectivity index (χ3v) is 13.6. The van der Waals surface area contributed by atoms with Crippen molar-refractivity contribution >= 4 is 17.9 Å². The Hall–Kier alpha value is -3.41. The average Bonchev–Trinajstić information content (AvgIpc) is 3.40. The maximum atomic E-state index is 12.9. The van der Waals surface area contributed by atoms with Gasteiger partial charge in [0, 0.05) is 19.3 Å². The summed E-state index contributed by atoms with van der Waals surface area (Å²) in [6.07, 6.45) is 81.6. The van der Waals surface area contributed by atoms with Crippen molar-refractivity contribution in [2.45, 2.75) is 316 Å². The Morgan fingerprint density at radius 2 is 0.527 bits per heavy atom. The first kappa shape index (κ1) is 70.6. The molecule has 0 saturated carbocycles. The van der Waals surface area contributed by atoms with E-state index in [4.69, 9.17) is 14.2 Å². The molecule has 0 fully saturated rings. The summed E-state index contributed by atoms with van der Waals surface area (Å²) < 4.78 is 16.9. The van der Waals surface area contributed by atoms with Gasteiger partial charge >= 0.3 is 17.9 Å². The Balaban J connectivity index is 4.40. The number of esters is 3. The molecule has 0 saturated heterocycles. The minimum absolute atomic E-state index is 0.0923. The topological polar surface area (TPSA) is 78.9 Å². The van der Waals surface area contributed by atoms with Crippen molar-refractivity contribution < 1.29 is 28.6 Å². The van der Waals surface area contributed by atoms with Gasteiger partial charge in [-0.1, -0.05) is 279 Å². The molecule has 1 unspecified atom stereocenters. The summed E-state index contributed by atoms with van der Waals surface area (Å²) in [5.41, 5.74) is 0. The molecule has 6 nitrogen and oxygen atoms in total. The quantitative estimate of drug-likeness (QED) is 0.0261. The molecule has 0 aliphatic carbocycles. The third-order valence-electron chi connectivity index (χ3n) is 13.6. The van der Waals surface area contributed by atoms with Gasteiger partial charge in [-0.2, -0.15) is 0 Å². The smallest absolute Gasteiger partial charge is 0.306 e. The zero-order valence-electron chi connectivity index (χ0n) is 48.8. The monoisotopic (exact) mass is 1030 g/mol. The van der Waals surface area contributed by atoms with E-state index in [1.54, 1.807) is 0 Å². The molecule has 74 heavy (non-hydrogen) atoms. The predicted molar refractivity (Wildman–Crippen MR) is 321 cm³/mol. The zero-order chi connectivity index (χ0) is 53.6. The van der Waals surface area contributed by atoms with Crippen molar-refractivity contribution in [3.63, 3.8) is 0 Å². The van der Waals surface area contributed by atoms with E-state index in [1.165, 1.54) is 148 Å². The lowest BCUT2D eigenvalue weighted by molar-refractivity contribution is -0.167. The van der Waals surface area contributed by atoms with Crippen molar-refractivity contribution in [2.24, 2.45) is 0 Å². The number of carbonyl (C=O) groups excluding carboxylic acids is 3. The van der Waals surface area contributed by atoms with E-state index in [2.05, 4.69) is 106 Å². The van der Waals surface area contributed by atoms with Crippen LogP contribution in [0.25, 0.3) is 0 Å². The number of unbranched alkanes of at least 4 members (excludes halogenated alkanes) is 32. The molecule has 0 aromatic heterocycles. The SMILES string of the molecule is CC/C=C\C/C=C\C/C=C\C/C=C\C/C=C\CCCCCC(=O)OC(COC(=O)CCCCCCC/C=C\C/C=C\CCCCC)COC(=O)CCCCCCCCCCCCCCCCCCCCCCCC. The highest BCUT2D eigenvalue weighted by Crippen LogP contribution is 2.17. The molecule has 0 radical (unpaired) electrons. The van der Waals surface area contributed by atoms with Gasteiger partial charge in [0.2, 0.25) is 0 Å². The van der Waals surface area contributed by atoms with E-state index >= 15 is 0 Å². The van der Waals surface area contributed by atoms with E-state index in [9.17, 15) is 14.4 Å². The molecule has 0 aromatic rings. The van der Waals surface area contributed by atoms with Crippen LogP contribution in [0.15, 0.2) is 85.1 Å². The molecule has 0 aliphatic rings. The number of allylic oxidation sites excluding steroid dienone is 14. The zero-order valence-corrected chi connectivity index (χ0v) is 48.8.